The van der Waals surface area contributed by atoms with Gasteiger partial charge in [0.15, 0.2) is 0 Å². The number of halogens is 1. The standard InChI is InChI=1S/C20H28ClN5O/c1-15(2)19-18(14-24-26(19)17-6-4-16(21)5-7-17)20(27)23-8-3-11-25-12-9-22-10-13-25/h4-7,14-15,22H,3,8-13H2,1-2H3,(H,23,27). The summed E-state index contributed by atoms with van der Waals surface area (Å²) in [5.74, 6) is 0.115. The van der Waals surface area contributed by atoms with Crippen LogP contribution in [0, 0.1) is 0 Å². The molecule has 1 fully saturated rings. The molecule has 0 aliphatic carbocycles. The molecule has 1 saturated heterocycles. The highest BCUT2D eigenvalue weighted by atomic mass is 35.5. The van der Waals surface area contributed by atoms with Gasteiger partial charge in [0, 0.05) is 37.7 Å². The number of amides is 1. The molecule has 0 saturated carbocycles. The average Bonchev–Trinajstić information content (AvgIpc) is 3.12. The number of nitrogens with one attached hydrogen (secondary N) is 2. The zero-order valence-electron chi connectivity index (χ0n) is 16.0. The first-order chi connectivity index (χ1) is 13.1. The maximum Gasteiger partial charge on any atom is 0.254 e. The molecule has 3 rings (SSSR count). The van der Waals surface area contributed by atoms with Crippen molar-refractivity contribution in [3.05, 3.63) is 46.7 Å². The molecular weight excluding hydrogens is 362 g/mol. The highest BCUT2D eigenvalue weighted by Crippen LogP contribution is 2.24. The molecule has 1 amide bonds. The number of carbonyl (C=O) groups excluding carboxylic acids is 1. The molecule has 0 spiro atoms. The van der Waals surface area contributed by atoms with Gasteiger partial charge in [0.25, 0.3) is 5.91 Å². The molecule has 146 valence electrons. The molecule has 0 unspecified atom stereocenters. The molecule has 0 bridgehead atoms. The van der Waals surface area contributed by atoms with Gasteiger partial charge in [-0.05, 0) is 43.1 Å². The Morgan fingerprint density at radius 1 is 1.26 bits per heavy atom. The van der Waals surface area contributed by atoms with Gasteiger partial charge in [-0.1, -0.05) is 25.4 Å². The second-order valence-corrected chi connectivity index (χ2v) is 7.62. The summed E-state index contributed by atoms with van der Waals surface area (Å²) in [5.41, 5.74) is 2.46. The van der Waals surface area contributed by atoms with E-state index in [1.54, 1.807) is 6.20 Å². The predicted molar refractivity (Wildman–Crippen MR) is 109 cm³/mol. The van der Waals surface area contributed by atoms with Gasteiger partial charge in [0.2, 0.25) is 0 Å². The molecule has 1 aliphatic heterocycles. The van der Waals surface area contributed by atoms with Crippen molar-refractivity contribution in [2.75, 3.05) is 39.3 Å². The van der Waals surface area contributed by atoms with Gasteiger partial charge >= 0.3 is 0 Å². The van der Waals surface area contributed by atoms with Gasteiger partial charge in [-0.2, -0.15) is 5.10 Å². The molecule has 2 aromatic rings. The van der Waals surface area contributed by atoms with Crippen molar-refractivity contribution in [2.24, 2.45) is 0 Å². The van der Waals surface area contributed by atoms with E-state index in [9.17, 15) is 4.79 Å². The molecule has 27 heavy (non-hydrogen) atoms. The highest BCUT2D eigenvalue weighted by Gasteiger charge is 2.20. The molecule has 7 heteroatoms. The summed E-state index contributed by atoms with van der Waals surface area (Å²) in [6.45, 7) is 10.1. The number of benzene rings is 1. The first-order valence-corrected chi connectivity index (χ1v) is 9.99. The lowest BCUT2D eigenvalue weighted by Gasteiger charge is -2.27. The lowest BCUT2D eigenvalue weighted by atomic mass is 10.0. The van der Waals surface area contributed by atoms with E-state index in [1.165, 1.54) is 0 Å². The Morgan fingerprint density at radius 3 is 2.63 bits per heavy atom. The van der Waals surface area contributed by atoms with Crippen molar-refractivity contribution < 1.29 is 4.79 Å². The number of piperazine rings is 1. The Labute approximate surface area is 165 Å². The van der Waals surface area contributed by atoms with Crippen LogP contribution in [0.3, 0.4) is 0 Å². The minimum atomic E-state index is -0.0563. The van der Waals surface area contributed by atoms with E-state index in [1.807, 2.05) is 28.9 Å². The van der Waals surface area contributed by atoms with Gasteiger partial charge < -0.3 is 15.5 Å². The van der Waals surface area contributed by atoms with Crippen LogP contribution in [0.1, 0.15) is 42.2 Å². The molecule has 2 heterocycles. The molecule has 1 aromatic heterocycles. The summed E-state index contributed by atoms with van der Waals surface area (Å²) in [6.07, 6.45) is 2.61. The van der Waals surface area contributed by atoms with Crippen LogP contribution in [0.2, 0.25) is 5.02 Å². The van der Waals surface area contributed by atoms with Crippen molar-refractivity contribution in [2.45, 2.75) is 26.2 Å². The van der Waals surface area contributed by atoms with Crippen LogP contribution in [0.25, 0.3) is 5.69 Å². The van der Waals surface area contributed by atoms with Gasteiger partial charge in [-0.3, -0.25) is 4.79 Å². The Bertz CT molecular complexity index is 750. The molecular formula is C20H28ClN5O. The molecule has 0 atom stereocenters. The predicted octanol–water partition coefficient (Wildman–Crippen LogP) is 2.67. The number of aromatic nitrogens is 2. The normalized spacial score (nSPS) is 15.3. The van der Waals surface area contributed by atoms with Crippen LogP contribution in [0.15, 0.2) is 30.5 Å². The molecule has 1 aliphatic rings. The Morgan fingerprint density at radius 2 is 1.96 bits per heavy atom. The SMILES string of the molecule is CC(C)c1c(C(=O)NCCCN2CCNCC2)cnn1-c1ccc(Cl)cc1. The van der Waals surface area contributed by atoms with E-state index in [-0.39, 0.29) is 11.8 Å². The van der Waals surface area contributed by atoms with Crippen molar-refractivity contribution in [1.29, 1.82) is 0 Å². The zero-order chi connectivity index (χ0) is 19.2. The third-order valence-corrected chi connectivity index (χ3v) is 5.07. The van der Waals surface area contributed by atoms with Crippen LogP contribution in [0.5, 0.6) is 0 Å². The molecule has 1 aromatic carbocycles. The van der Waals surface area contributed by atoms with Crippen molar-refractivity contribution in [3.63, 3.8) is 0 Å². The molecule has 2 N–H and O–H groups in total. The third kappa shape index (κ3) is 5.09. The fourth-order valence-corrected chi connectivity index (χ4v) is 3.54. The molecule has 0 radical (unpaired) electrons. The topological polar surface area (TPSA) is 62.2 Å². The monoisotopic (exact) mass is 389 g/mol. The van der Waals surface area contributed by atoms with Gasteiger partial charge in [0.1, 0.15) is 0 Å². The summed E-state index contributed by atoms with van der Waals surface area (Å²) < 4.78 is 1.83. The van der Waals surface area contributed by atoms with Crippen LogP contribution in [-0.4, -0.2) is 59.9 Å². The summed E-state index contributed by atoms with van der Waals surface area (Å²) in [5, 5.41) is 11.5. The Balaban J connectivity index is 1.63. The van der Waals surface area contributed by atoms with Crippen LogP contribution in [-0.2, 0) is 0 Å². The summed E-state index contributed by atoms with van der Waals surface area (Å²) >= 11 is 5.98. The minimum absolute atomic E-state index is 0.0563. The first kappa shape index (κ1) is 19.9. The number of rotatable bonds is 7. The Hall–Kier alpha value is -1.89. The Kier molecular flexibility index (Phi) is 6.88. The summed E-state index contributed by atoms with van der Waals surface area (Å²) in [6, 6.07) is 7.49. The first-order valence-electron chi connectivity index (χ1n) is 9.61. The largest absolute Gasteiger partial charge is 0.352 e. The highest BCUT2D eigenvalue weighted by molar-refractivity contribution is 6.30. The zero-order valence-corrected chi connectivity index (χ0v) is 16.8. The second-order valence-electron chi connectivity index (χ2n) is 7.19. The number of hydrogen-bond acceptors (Lipinski definition) is 4. The molecule has 6 nitrogen and oxygen atoms in total. The van der Waals surface area contributed by atoms with Crippen molar-refractivity contribution >= 4 is 17.5 Å². The second kappa shape index (κ2) is 9.35. The minimum Gasteiger partial charge on any atom is -0.352 e. The fourth-order valence-electron chi connectivity index (χ4n) is 3.41. The smallest absolute Gasteiger partial charge is 0.254 e. The van der Waals surface area contributed by atoms with E-state index in [0.717, 1.165) is 50.5 Å². The van der Waals surface area contributed by atoms with Crippen molar-refractivity contribution in [3.8, 4) is 5.69 Å². The summed E-state index contributed by atoms with van der Waals surface area (Å²) in [7, 11) is 0. The number of carbonyl (C=O) groups is 1. The van der Waals surface area contributed by atoms with Crippen LogP contribution in [0.4, 0.5) is 0 Å². The van der Waals surface area contributed by atoms with E-state index in [0.29, 0.717) is 17.1 Å². The summed E-state index contributed by atoms with van der Waals surface area (Å²) in [4.78, 5) is 15.1. The van der Waals surface area contributed by atoms with Gasteiger partial charge in [-0.25, -0.2) is 4.68 Å². The van der Waals surface area contributed by atoms with E-state index in [4.69, 9.17) is 11.6 Å². The number of hydrogen-bond donors (Lipinski definition) is 2. The quantitative estimate of drug-likeness (QED) is 0.715. The van der Waals surface area contributed by atoms with E-state index < -0.39 is 0 Å². The fraction of sp³-hybridized carbons (Fsp3) is 0.500. The lowest BCUT2D eigenvalue weighted by Crippen LogP contribution is -2.44. The van der Waals surface area contributed by atoms with Crippen molar-refractivity contribution in [1.82, 2.24) is 25.3 Å². The third-order valence-electron chi connectivity index (χ3n) is 4.82. The lowest BCUT2D eigenvalue weighted by molar-refractivity contribution is 0.0950. The number of nitrogens with zero attached hydrogens (tertiary/aromatic N) is 3. The van der Waals surface area contributed by atoms with Gasteiger partial charge in [-0.15, -0.1) is 0 Å². The average molecular weight is 390 g/mol. The van der Waals surface area contributed by atoms with E-state index in [2.05, 4.69) is 34.5 Å². The maximum atomic E-state index is 12.7. The van der Waals surface area contributed by atoms with Gasteiger partial charge in [0.05, 0.1) is 23.1 Å². The van der Waals surface area contributed by atoms with Crippen LogP contribution >= 0.6 is 11.6 Å². The maximum absolute atomic E-state index is 12.7. The van der Waals surface area contributed by atoms with Crippen LogP contribution < -0.4 is 10.6 Å². The van der Waals surface area contributed by atoms with E-state index >= 15 is 0 Å².